The van der Waals surface area contributed by atoms with Gasteiger partial charge in [0, 0.05) is 35.9 Å². The van der Waals surface area contributed by atoms with E-state index >= 15 is 0 Å². The van der Waals surface area contributed by atoms with E-state index in [1.165, 1.54) is 21.9 Å². The first kappa shape index (κ1) is 28.1. The van der Waals surface area contributed by atoms with E-state index in [0.29, 0.717) is 0 Å². The summed E-state index contributed by atoms with van der Waals surface area (Å²) in [5.74, 6) is 4.62. The summed E-state index contributed by atoms with van der Waals surface area (Å²) >= 11 is 0. The summed E-state index contributed by atoms with van der Waals surface area (Å²) in [5, 5.41) is 6.34. The maximum absolute atomic E-state index is 3.84. The molecule has 0 radical (unpaired) electrons. The lowest BCUT2D eigenvalue weighted by molar-refractivity contribution is -0.575. The van der Waals surface area contributed by atoms with Crippen molar-refractivity contribution in [2.75, 3.05) is 38.0 Å². The normalized spacial score (nSPS) is 17.8. The summed E-state index contributed by atoms with van der Waals surface area (Å²) in [6.45, 7) is 27.1. The molecule has 36 heavy (non-hydrogen) atoms. The third-order valence-electron chi connectivity index (χ3n) is 8.02. The van der Waals surface area contributed by atoms with Crippen molar-refractivity contribution < 1.29 is 9.15 Å². The molecular formula is C30H52N6+2. The van der Waals surface area contributed by atoms with Crippen molar-refractivity contribution in [2.45, 2.75) is 105 Å². The molecule has 0 bridgehead atoms. The van der Waals surface area contributed by atoms with Crippen LogP contribution >= 0.6 is 0 Å². The first-order valence-corrected chi connectivity index (χ1v) is 13.2. The molecule has 1 aliphatic heterocycles. The van der Waals surface area contributed by atoms with Gasteiger partial charge < -0.3 is 14.8 Å². The maximum Gasteiger partial charge on any atom is 0.286 e. The van der Waals surface area contributed by atoms with Crippen molar-refractivity contribution in [1.29, 1.82) is 0 Å². The number of rotatable bonds is 2. The molecule has 0 fully saturated rings. The zero-order valence-corrected chi connectivity index (χ0v) is 25.9. The van der Waals surface area contributed by atoms with Crippen LogP contribution in [-0.2, 0) is 0 Å². The molecule has 1 aliphatic rings. The van der Waals surface area contributed by atoms with Gasteiger partial charge in [0.1, 0.15) is 11.6 Å². The smallest absolute Gasteiger partial charge is 0.286 e. The van der Waals surface area contributed by atoms with Gasteiger partial charge >= 0.3 is 0 Å². The Morgan fingerprint density at radius 1 is 0.583 bits per heavy atom. The molecule has 6 heteroatoms. The molecule has 0 atom stereocenters. The Balaban J connectivity index is 2.51. The van der Waals surface area contributed by atoms with E-state index in [9.17, 15) is 0 Å². The predicted molar refractivity (Wildman–Crippen MR) is 158 cm³/mol. The molecular weight excluding hydrogens is 444 g/mol. The maximum atomic E-state index is 3.84. The lowest BCUT2D eigenvalue weighted by Gasteiger charge is -2.34. The minimum Gasteiger partial charge on any atom is -0.356 e. The van der Waals surface area contributed by atoms with Gasteiger partial charge in [-0.1, -0.05) is 0 Å². The van der Waals surface area contributed by atoms with Crippen molar-refractivity contribution in [1.82, 2.24) is 10.3 Å². The summed E-state index contributed by atoms with van der Waals surface area (Å²) in [5.41, 5.74) is 2.41. The number of aromatic nitrogens is 1. The van der Waals surface area contributed by atoms with Crippen molar-refractivity contribution in [2.24, 2.45) is 0 Å². The fraction of sp³-hybridized carbons (Fsp3) is 0.667. The van der Waals surface area contributed by atoms with E-state index in [-0.39, 0.29) is 22.2 Å². The van der Waals surface area contributed by atoms with Crippen molar-refractivity contribution in [3.63, 3.8) is 0 Å². The lowest BCUT2D eigenvalue weighted by atomic mass is 10.00. The van der Waals surface area contributed by atoms with Crippen LogP contribution in [0.25, 0.3) is 10.8 Å². The molecule has 0 unspecified atom stereocenters. The molecule has 6 nitrogen and oxygen atoms in total. The van der Waals surface area contributed by atoms with E-state index in [2.05, 4.69) is 153 Å². The van der Waals surface area contributed by atoms with Gasteiger partial charge in [-0.2, -0.15) is 0 Å². The molecule has 2 N–H and O–H groups in total. The zero-order valence-electron chi connectivity index (χ0n) is 25.9. The Morgan fingerprint density at radius 2 is 0.889 bits per heavy atom. The van der Waals surface area contributed by atoms with Gasteiger partial charge in [-0.05, 0) is 95.2 Å². The molecule has 0 amide bonds. The Labute approximate surface area is 220 Å². The minimum atomic E-state index is -0.0227. The van der Waals surface area contributed by atoms with Crippen LogP contribution in [0.15, 0.2) is 12.1 Å². The van der Waals surface area contributed by atoms with Crippen LogP contribution in [-0.4, -0.2) is 76.2 Å². The summed E-state index contributed by atoms with van der Waals surface area (Å²) in [6.07, 6.45) is 0. The van der Waals surface area contributed by atoms with Crippen LogP contribution < -0.4 is 15.1 Å². The molecule has 1 aromatic carbocycles. The molecule has 0 spiro atoms. The number of benzene rings is 1. The van der Waals surface area contributed by atoms with E-state index in [1.54, 1.807) is 0 Å². The van der Waals surface area contributed by atoms with Gasteiger partial charge in [-0.25, -0.2) is 5.32 Å². The number of aromatic amines is 1. The van der Waals surface area contributed by atoms with Gasteiger partial charge in [-0.3, -0.25) is 9.15 Å². The summed E-state index contributed by atoms with van der Waals surface area (Å²) in [7, 11) is 8.76. The number of nitrogens with one attached hydrogen (secondary N) is 2. The topological polar surface area (TPSA) is 40.3 Å². The minimum absolute atomic E-state index is 0.0227. The molecule has 2 aromatic rings. The molecule has 3 rings (SSSR count). The van der Waals surface area contributed by atoms with Gasteiger partial charge in [0.2, 0.25) is 0 Å². The Morgan fingerprint density at radius 3 is 1.14 bits per heavy atom. The average Bonchev–Trinajstić information content (AvgIpc) is 3.25. The van der Waals surface area contributed by atoms with Crippen molar-refractivity contribution >= 4 is 34.1 Å². The zero-order chi connectivity index (χ0) is 27.8. The average molecular weight is 497 g/mol. The molecule has 0 saturated carbocycles. The summed E-state index contributed by atoms with van der Waals surface area (Å²) in [4.78, 5) is 8.57. The second-order valence-electron chi connectivity index (χ2n) is 14.5. The van der Waals surface area contributed by atoms with E-state index in [1.807, 2.05) is 0 Å². The van der Waals surface area contributed by atoms with E-state index in [0.717, 1.165) is 23.3 Å². The Kier molecular flexibility index (Phi) is 6.65. The summed E-state index contributed by atoms with van der Waals surface area (Å²) < 4.78 is 4.73. The number of amidine groups is 2. The van der Waals surface area contributed by atoms with E-state index < -0.39 is 0 Å². The second-order valence-corrected chi connectivity index (χ2v) is 14.5. The number of nitrogens with zero attached hydrogens (tertiary/aromatic N) is 4. The highest BCUT2D eigenvalue weighted by Gasteiger charge is 2.40. The van der Waals surface area contributed by atoms with Crippen LogP contribution in [0.5, 0.6) is 0 Å². The van der Waals surface area contributed by atoms with E-state index in [4.69, 9.17) is 0 Å². The Bertz CT molecular complexity index is 1140. The molecule has 200 valence electrons. The molecule has 2 heterocycles. The van der Waals surface area contributed by atoms with Crippen LogP contribution in [0.1, 0.15) is 94.2 Å². The monoisotopic (exact) mass is 496 g/mol. The lowest BCUT2D eigenvalue weighted by Crippen LogP contribution is -2.44. The van der Waals surface area contributed by atoms with Crippen molar-refractivity contribution in [3.8, 4) is 0 Å². The highest BCUT2D eigenvalue weighted by atomic mass is 15.3. The highest BCUT2D eigenvalue weighted by Crippen LogP contribution is 2.40. The largest absolute Gasteiger partial charge is 0.356 e. The van der Waals surface area contributed by atoms with Gasteiger partial charge in [0.25, 0.3) is 11.7 Å². The predicted octanol–water partition coefficient (Wildman–Crippen LogP) is 5.62. The number of H-pyrrole nitrogens is 1. The van der Waals surface area contributed by atoms with Crippen LogP contribution in [0.4, 0.5) is 11.6 Å². The van der Waals surface area contributed by atoms with Gasteiger partial charge in [0.05, 0.1) is 36.3 Å². The fourth-order valence-electron chi connectivity index (χ4n) is 4.28. The third-order valence-corrected chi connectivity index (χ3v) is 8.02. The summed E-state index contributed by atoms with van der Waals surface area (Å²) in [6, 6.07) is 4.79. The van der Waals surface area contributed by atoms with Gasteiger partial charge in [0.15, 0.2) is 0 Å². The standard InChI is InChI=1S/C30H50N6/c1-27(2,3)33(13)23-19-17-21-22(18-20(19)24(31-23)34(14)28(4,5)6)26(36(16)30(10,11)12)32-25(21)35(15)29(7,8)9/h17-18H,1-16H3/p+2. The second kappa shape index (κ2) is 8.53. The fourth-order valence-corrected chi connectivity index (χ4v) is 4.28. The molecule has 0 aliphatic carbocycles. The number of anilines is 2. The first-order chi connectivity index (χ1) is 16.1. The van der Waals surface area contributed by atoms with Crippen LogP contribution in [0.3, 0.4) is 0 Å². The molecule has 0 saturated heterocycles. The highest BCUT2D eigenvalue weighted by molar-refractivity contribution is 6.25. The SMILES string of the molecule is CN(c1[nH]c(N(C)C(C)(C)C)c2cc3c(cc12)C(=[N+](C)C(C)(C)C)NC3=[N+](C)C(C)(C)C)C(C)(C)C. The third kappa shape index (κ3) is 4.88. The first-order valence-electron chi connectivity index (χ1n) is 13.2. The molecule has 1 aromatic heterocycles. The number of hydrogen-bond acceptors (Lipinski definition) is 2. The van der Waals surface area contributed by atoms with Crippen LogP contribution in [0.2, 0.25) is 0 Å². The van der Waals surface area contributed by atoms with Gasteiger partial charge in [-0.15, -0.1) is 0 Å². The quantitative estimate of drug-likeness (QED) is 0.531. The Hall–Kier alpha value is -2.50. The number of fused-ring (bicyclic) bond motifs is 2. The number of hydrogen-bond donors (Lipinski definition) is 2. The van der Waals surface area contributed by atoms with Crippen LogP contribution in [0, 0.1) is 0 Å². The van der Waals surface area contributed by atoms with Crippen molar-refractivity contribution in [3.05, 3.63) is 23.3 Å².